The summed E-state index contributed by atoms with van der Waals surface area (Å²) < 4.78 is 12.3. The Morgan fingerprint density at radius 1 is 1.04 bits per heavy atom. The van der Waals surface area contributed by atoms with Crippen molar-refractivity contribution >= 4 is 16.8 Å². The van der Waals surface area contributed by atoms with Crippen molar-refractivity contribution in [3.05, 3.63) is 10.1 Å². The lowest BCUT2D eigenvalue weighted by molar-refractivity contribution is -0.495. The molecular weight excluding hydrogens is 330 g/mol. The second-order valence-electron chi connectivity index (χ2n) is 6.31. The van der Waals surface area contributed by atoms with Crippen molar-refractivity contribution in [1.82, 2.24) is 0 Å². The first kappa shape index (κ1) is 23.0. The summed E-state index contributed by atoms with van der Waals surface area (Å²) >= 11 is 0. The zero-order valence-corrected chi connectivity index (χ0v) is 15.9. The number of aliphatic carboxylic acids is 1. The van der Waals surface area contributed by atoms with Gasteiger partial charge in [0.15, 0.2) is 0 Å². The first-order valence-electron chi connectivity index (χ1n) is 9.18. The van der Waals surface area contributed by atoms with Gasteiger partial charge in [-0.05, 0) is 12.8 Å². The van der Waals surface area contributed by atoms with Crippen molar-refractivity contribution in [2.24, 2.45) is 0 Å². The van der Waals surface area contributed by atoms with E-state index in [0.717, 1.165) is 19.3 Å². The molecule has 0 aliphatic rings. The fourth-order valence-corrected chi connectivity index (χ4v) is 4.43. The Morgan fingerprint density at radius 2 is 1.54 bits per heavy atom. The lowest BCUT2D eigenvalue weighted by Crippen LogP contribution is -2.34. The predicted octanol–water partition coefficient (Wildman–Crippen LogP) is 4.51. The van der Waals surface area contributed by atoms with Crippen LogP contribution in [-0.2, 0) is 15.6 Å². The minimum atomic E-state index is -1.74. The van der Waals surface area contributed by atoms with Crippen molar-refractivity contribution in [3.63, 3.8) is 0 Å². The quantitative estimate of drug-likeness (QED) is 0.247. The number of unbranched alkanes of at least 4 members (excludes halogenated alkanes) is 8. The molecule has 0 spiro atoms. The van der Waals surface area contributed by atoms with Gasteiger partial charge in [0.1, 0.15) is 6.42 Å². The average molecular weight is 364 g/mol. The minimum absolute atomic E-state index is 0.288. The van der Waals surface area contributed by atoms with Crippen LogP contribution in [0.25, 0.3) is 0 Å². The standard InChI is InChI=1S/C17H33NO5S/c1-3-5-6-7-8-9-10-11-12-13-15(4-2)24(23)16(18(21)22)14-17(19)20/h15-16H,3-14H2,1-2H3,(H,19,20). The maximum absolute atomic E-state index is 12.3. The van der Waals surface area contributed by atoms with Gasteiger partial charge in [-0.3, -0.25) is 19.1 Å². The molecule has 0 aromatic rings. The summed E-state index contributed by atoms with van der Waals surface area (Å²) in [5, 5.41) is 17.9. The summed E-state index contributed by atoms with van der Waals surface area (Å²) in [7, 11) is -1.74. The van der Waals surface area contributed by atoms with Crippen LogP contribution in [0.15, 0.2) is 0 Å². The van der Waals surface area contributed by atoms with Gasteiger partial charge in [0.25, 0.3) is 5.37 Å². The molecule has 3 atom stereocenters. The van der Waals surface area contributed by atoms with Crippen molar-refractivity contribution < 1.29 is 19.0 Å². The number of hydrogen-bond acceptors (Lipinski definition) is 4. The lowest BCUT2D eigenvalue weighted by atomic mass is 10.1. The van der Waals surface area contributed by atoms with E-state index < -0.39 is 33.5 Å². The Hall–Kier alpha value is -0.980. The van der Waals surface area contributed by atoms with E-state index in [4.69, 9.17) is 5.11 Å². The van der Waals surface area contributed by atoms with Crippen LogP contribution >= 0.6 is 0 Å². The average Bonchev–Trinajstić information content (AvgIpc) is 2.53. The van der Waals surface area contributed by atoms with E-state index in [2.05, 4.69) is 6.92 Å². The van der Waals surface area contributed by atoms with E-state index in [1.165, 1.54) is 38.5 Å². The smallest absolute Gasteiger partial charge is 0.311 e. The van der Waals surface area contributed by atoms with Gasteiger partial charge in [-0.2, -0.15) is 0 Å². The van der Waals surface area contributed by atoms with Gasteiger partial charge in [0, 0.05) is 10.2 Å². The van der Waals surface area contributed by atoms with Gasteiger partial charge in [-0.25, -0.2) is 0 Å². The predicted molar refractivity (Wildman–Crippen MR) is 97.1 cm³/mol. The zero-order valence-electron chi connectivity index (χ0n) is 15.1. The molecule has 0 saturated heterocycles. The van der Waals surface area contributed by atoms with Crippen molar-refractivity contribution in [2.45, 2.75) is 102 Å². The van der Waals surface area contributed by atoms with Crippen molar-refractivity contribution in [2.75, 3.05) is 0 Å². The third kappa shape index (κ3) is 10.7. The molecule has 0 aromatic heterocycles. The van der Waals surface area contributed by atoms with E-state index in [9.17, 15) is 19.1 Å². The van der Waals surface area contributed by atoms with E-state index in [0.29, 0.717) is 12.8 Å². The lowest BCUT2D eigenvalue weighted by Gasteiger charge is -2.16. The molecule has 1 N–H and O–H groups in total. The number of nitrogens with zero attached hydrogens (tertiary/aromatic N) is 1. The Labute approximate surface area is 148 Å². The third-order valence-corrected chi connectivity index (χ3v) is 6.37. The second-order valence-corrected chi connectivity index (χ2v) is 8.18. The highest BCUT2D eigenvalue weighted by Crippen LogP contribution is 2.19. The van der Waals surface area contributed by atoms with Crippen LogP contribution in [0.4, 0.5) is 0 Å². The SMILES string of the molecule is CCCCCCCCCCCC(CC)S(=O)C(CC(=O)O)[N+](=O)[O-]. The maximum atomic E-state index is 12.3. The minimum Gasteiger partial charge on any atom is -0.481 e. The van der Waals surface area contributed by atoms with Gasteiger partial charge in [0.2, 0.25) is 0 Å². The highest BCUT2D eigenvalue weighted by molar-refractivity contribution is 7.86. The second kappa shape index (κ2) is 14.4. The number of hydrogen-bond donors (Lipinski definition) is 1. The number of rotatable bonds is 16. The summed E-state index contributed by atoms with van der Waals surface area (Å²) in [6.45, 7) is 4.06. The summed E-state index contributed by atoms with van der Waals surface area (Å²) in [6, 6.07) is 0. The molecule has 24 heavy (non-hydrogen) atoms. The van der Waals surface area contributed by atoms with Crippen molar-refractivity contribution in [1.29, 1.82) is 0 Å². The molecule has 0 amide bonds. The number of carbonyl (C=O) groups is 1. The molecule has 0 aliphatic carbocycles. The molecule has 142 valence electrons. The third-order valence-electron chi connectivity index (χ3n) is 4.27. The van der Waals surface area contributed by atoms with Crippen LogP contribution in [-0.4, -0.2) is 30.8 Å². The fraction of sp³-hybridized carbons (Fsp3) is 0.941. The van der Waals surface area contributed by atoms with Gasteiger partial charge >= 0.3 is 5.97 Å². The Balaban J connectivity index is 4.06. The van der Waals surface area contributed by atoms with Crippen LogP contribution in [0.3, 0.4) is 0 Å². The highest BCUT2D eigenvalue weighted by atomic mass is 32.2. The van der Waals surface area contributed by atoms with E-state index >= 15 is 0 Å². The summed E-state index contributed by atoms with van der Waals surface area (Å²) in [5.74, 6) is -1.28. The molecule has 3 unspecified atom stereocenters. The Kier molecular flexibility index (Phi) is 13.8. The van der Waals surface area contributed by atoms with Gasteiger partial charge in [-0.15, -0.1) is 0 Å². The van der Waals surface area contributed by atoms with Crippen LogP contribution in [0.1, 0.15) is 90.9 Å². The molecule has 0 fully saturated rings. The topological polar surface area (TPSA) is 97.5 Å². The molecule has 0 saturated carbocycles. The molecule has 0 radical (unpaired) electrons. The highest BCUT2D eigenvalue weighted by Gasteiger charge is 2.34. The first-order chi connectivity index (χ1) is 11.4. The normalized spacial score (nSPS) is 14.9. The Morgan fingerprint density at radius 3 is 1.96 bits per heavy atom. The number of carboxylic acids is 1. The first-order valence-corrected chi connectivity index (χ1v) is 10.5. The molecule has 0 heterocycles. The van der Waals surface area contributed by atoms with Gasteiger partial charge < -0.3 is 5.11 Å². The zero-order chi connectivity index (χ0) is 18.4. The summed E-state index contributed by atoms with van der Waals surface area (Å²) in [6.07, 6.45) is 11.3. The van der Waals surface area contributed by atoms with Crippen LogP contribution in [0.2, 0.25) is 0 Å². The Bertz CT molecular complexity index is 389. The summed E-state index contributed by atoms with van der Waals surface area (Å²) in [5.41, 5.74) is 0. The molecule has 6 nitrogen and oxygen atoms in total. The van der Waals surface area contributed by atoms with Gasteiger partial charge in [0.05, 0.1) is 10.8 Å². The molecule has 0 aromatic carbocycles. The molecule has 0 rings (SSSR count). The molecule has 7 heteroatoms. The van der Waals surface area contributed by atoms with Crippen LogP contribution in [0, 0.1) is 10.1 Å². The van der Waals surface area contributed by atoms with E-state index in [-0.39, 0.29) is 5.25 Å². The van der Waals surface area contributed by atoms with Crippen LogP contribution in [0.5, 0.6) is 0 Å². The monoisotopic (exact) mass is 363 g/mol. The van der Waals surface area contributed by atoms with Crippen LogP contribution < -0.4 is 0 Å². The molecular formula is C17H33NO5S. The van der Waals surface area contributed by atoms with E-state index in [1.54, 1.807) is 0 Å². The van der Waals surface area contributed by atoms with E-state index in [1.807, 2.05) is 6.92 Å². The molecule has 0 aliphatic heterocycles. The molecule has 0 bridgehead atoms. The maximum Gasteiger partial charge on any atom is 0.311 e. The summed E-state index contributed by atoms with van der Waals surface area (Å²) in [4.78, 5) is 21.0. The number of nitro groups is 1. The number of carboxylic acid groups (broad SMARTS) is 1. The fourth-order valence-electron chi connectivity index (χ4n) is 2.78. The van der Waals surface area contributed by atoms with Gasteiger partial charge in [-0.1, -0.05) is 71.6 Å². The van der Waals surface area contributed by atoms with Crippen molar-refractivity contribution in [3.8, 4) is 0 Å². The largest absolute Gasteiger partial charge is 0.481 e.